The van der Waals surface area contributed by atoms with Crippen molar-refractivity contribution in [2.24, 2.45) is 0 Å². The molecule has 0 spiro atoms. The molecule has 1 N–H and O–H groups in total. The number of anilines is 2. The number of ether oxygens (including phenoxy) is 1. The fourth-order valence-corrected chi connectivity index (χ4v) is 3.58. The predicted molar refractivity (Wildman–Crippen MR) is 87.1 cm³/mol. The molecule has 116 valence electrons. The summed E-state index contributed by atoms with van der Waals surface area (Å²) < 4.78 is 32.4. The average molecular weight is 318 g/mol. The summed E-state index contributed by atoms with van der Waals surface area (Å²) in [6.07, 6.45) is 0.0712. The lowest BCUT2D eigenvalue weighted by Crippen LogP contribution is -2.29. The summed E-state index contributed by atoms with van der Waals surface area (Å²) in [7, 11) is -2.05. The lowest BCUT2D eigenvalue weighted by molar-refractivity contribution is 0.226. The van der Waals surface area contributed by atoms with Gasteiger partial charge >= 0.3 is 0 Å². The molecule has 22 heavy (non-hydrogen) atoms. The van der Waals surface area contributed by atoms with Crippen molar-refractivity contribution in [3.8, 4) is 5.75 Å². The van der Waals surface area contributed by atoms with Gasteiger partial charge in [-0.3, -0.25) is 4.31 Å². The Morgan fingerprint density at radius 3 is 2.64 bits per heavy atom. The van der Waals surface area contributed by atoms with Gasteiger partial charge in [-0.15, -0.1) is 0 Å². The smallest absolute Gasteiger partial charge is 0.264 e. The third-order valence-corrected chi connectivity index (χ3v) is 5.42. The van der Waals surface area contributed by atoms with E-state index in [1.165, 1.54) is 4.31 Å². The van der Waals surface area contributed by atoms with Gasteiger partial charge in [0.15, 0.2) is 0 Å². The van der Waals surface area contributed by atoms with Crippen LogP contribution in [0.3, 0.4) is 0 Å². The summed E-state index contributed by atoms with van der Waals surface area (Å²) in [4.78, 5) is 0.239. The van der Waals surface area contributed by atoms with Crippen LogP contribution in [0, 0.1) is 0 Å². The molecule has 2 aromatic rings. The molecule has 1 aliphatic heterocycles. The summed E-state index contributed by atoms with van der Waals surface area (Å²) in [6, 6.07) is 13.9. The molecule has 1 aliphatic rings. The molecule has 1 unspecified atom stereocenters. The number of hydrogen-bond acceptors (Lipinski definition) is 4. The van der Waals surface area contributed by atoms with Crippen LogP contribution >= 0.6 is 0 Å². The van der Waals surface area contributed by atoms with Gasteiger partial charge in [0, 0.05) is 7.05 Å². The molecule has 0 aliphatic carbocycles. The Kier molecular flexibility index (Phi) is 3.70. The lowest BCUT2D eigenvalue weighted by atomic mass is 10.2. The normalized spacial score (nSPS) is 17.1. The van der Waals surface area contributed by atoms with Crippen LogP contribution in [0.5, 0.6) is 5.75 Å². The van der Waals surface area contributed by atoms with Gasteiger partial charge < -0.3 is 10.1 Å². The first-order chi connectivity index (χ1) is 10.5. The second-order valence-electron chi connectivity index (χ2n) is 5.28. The Bertz CT molecular complexity index is 775. The first-order valence-electron chi connectivity index (χ1n) is 7.07. The van der Waals surface area contributed by atoms with Crippen molar-refractivity contribution in [3.05, 3.63) is 48.5 Å². The van der Waals surface area contributed by atoms with E-state index in [4.69, 9.17) is 4.74 Å². The van der Waals surface area contributed by atoms with Gasteiger partial charge in [-0.1, -0.05) is 18.2 Å². The maximum Gasteiger partial charge on any atom is 0.264 e. The highest BCUT2D eigenvalue weighted by molar-refractivity contribution is 7.92. The van der Waals surface area contributed by atoms with Crippen molar-refractivity contribution >= 4 is 21.4 Å². The Morgan fingerprint density at radius 2 is 1.91 bits per heavy atom. The zero-order valence-electron chi connectivity index (χ0n) is 12.5. The third-order valence-electron chi connectivity index (χ3n) is 3.64. The van der Waals surface area contributed by atoms with Gasteiger partial charge in [0.05, 0.1) is 22.8 Å². The number of nitrogens with zero attached hydrogens (tertiary/aromatic N) is 1. The number of rotatable bonds is 3. The number of hydrogen-bond donors (Lipinski definition) is 1. The third kappa shape index (κ3) is 2.62. The number of sulfonamides is 1. The Labute approximate surface area is 130 Å². The molecule has 2 aromatic carbocycles. The molecule has 0 saturated heterocycles. The molecular weight excluding hydrogens is 300 g/mol. The van der Waals surface area contributed by atoms with Gasteiger partial charge in [0.25, 0.3) is 10.0 Å². The molecule has 1 atom stereocenters. The van der Waals surface area contributed by atoms with Crippen LogP contribution in [-0.2, 0) is 10.0 Å². The second kappa shape index (κ2) is 5.53. The minimum absolute atomic E-state index is 0.0712. The number of nitrogens with one attached hydrogen (secondary N) is 1. The van der Waals surface area contributed by atoms with Crippen LogP contribution in [0.4, 0.5) is 11.4 Å². The quantitative estimate of drug-likeness (QED) is 0.945. The largest absolute Gasteiger partial charge is 0.487 e. The minimum Gasteiger partial charge on any atom is -0.487 e. The Morgan fingerprint density at radius 1 is 1.18 bits per heavy atom. The molecule has 0 aromatic heterocycles. The van der Waals surface area contributed by atoms with Crippen molar-refractivity contribution in [1.29, 1.82) is 0 Å². The predicted octanol–water partition coefficient (Wildman–Crippen LogP) is 2.70. The van der Waals surface area contributed by atoms with Gasteiger partial charge in [-0.25, -0.2) is 8.42 Å². The topological polar surface area (TPSA) is 58.6 Å². The van der Waals surface area contributed by atoms with Crippen LogP contribution < -0.4 is 14.4 Å². The van der Waals surface area contributed by atoms with Crippen molar-refractivity contribution in [1.82, 2.24) is 0 Å². The van der Waals surface area contributed by atoms with Gasteiger partial charge in [0.1, 0.15) is 11.9 Å². The summed E-state index contributed by atoms with van der Waals surface area (Å²) in [5.74, 6) is 0.681. The number of para-hydroxylation sites is 1. The zero-order chi connectivity index (χ0) is 15.7. The van der Waals surface area contributed by atoms with E-state index in [0.717, 1.165) is 0 Å². The molecule has 6 heteroatoms. The summed E-state index contributed by atoms with van der Waals surface area (Å²) in [6.45, 7) is 2.62. The second-order valence-corrected chi connectivity index (χ2v) is 7.24. The van der Waals surface area contributed by atoms with E-state index in [1.807, 2.05) is 25.1 Å². The maximum atomic E-state index is 12.7. The number of fused-ring (bicyclic) bond motifs is 1. The first kappa shape index (κ1) is 14.7. The summed E-state index contributed by atoms with van der Waals surface area (Å²) >= 11 is 0. The minimum atomic E-state index is -3.60. The van der Waals surface area contributed by atoms with E-state index in [9.17, 15) is 8.42 Å². The lowest BCUT2D eigenvalue weighted by Gasteiger charge is -2.26. The highest BCUT2D eigenvalue weighted by atomic mass is 32.2. The molecule has 0 saturated carbocycles. The van der Waals surface area contributed by atoms with Gasteiger partial charge in [-0.05, 0) is 37.3 Å². The molecule has 0 bridgehead atoms. The van der Waals surface area contributed by atoms with E-state index in [-0.39, 0.29) is 11.0 Å². The molecule has 5 nitrogen and oxygen atoms in total. The SMILES string of the molecule is CC1CNc2cc(S(=O)(=O)N(C)c3ccccc3)ccc2O1. The molecule has 3 rings (SSSR count). The van der Waals surface area contributed by atoms with Crippen LogP contribution in [0.1, 0.15) is 6.92 Å². The van der Waals surface area contributed by atoms with Crippen LogP contribution in [0.15, 0.2) is 53.4 Å². The van der Waals surface area contributed by atoms with Crippen molar-refractivity contribution in [2.75, 3.05) is 23.2 Å². The molecule has 1 heterocycles. The molecular formula is C16H18N2O3S. The standard InChI is InChI=1S/C16H18N2O3S/c1-12-11-17-15-10-14(8-9-16(15)21-12)22(19,20)18(2)13-6-4-3-5-7-13/h3-10,12,17H,11H2,1-2H3. The Balaban J connectivity index is 1.96. The van der Waals surface area contributed by atoms with Crippen LogP contribution in [0.2, 0.25) is 0 Å². The van der Waals surface area contributed by atoms with E-state index in [2.05, 4.69) is 5.32 Å². The highest BCUT2D eigenvalue weighted by Crippen LogP contribution is 2.32. The fraction of sp³-hybridized carbons (Fsp3) is 0.250. The number of benzene rings is 2. The van der Waals surface area contributed by atoms with E-state index in [1.54, 1.807) is 37.4 Å². The van der Waals surface area contributed by atoms with E-state index < -0.39 is 10.0 Å². The van der Waals surface area contributed by atoms with E-state index >= 15 is 0 Å². The van der Waals surface area contributed by atoms with Crippen molar-refractivity contribution in [3.63, 3.8) is 0 Å². The zero-order valence-corrected chi connectivity index (χ0v) is 13.3. The van der Waals surface area contributed by atoms with Crippen LogP contribution in [-0.4, -0.2) is 28.1 Å². The highest BCUT2D eigenvalue weighted by Gasteiger charge is 2.24. The molecule has 0 amide bonds. The molecule has 0 radical (unpaired) electrons. The maximum absolute atomic E-state index is 12.7. The van der Waals surface area contributed by atoms with Crippen molar-refractivity contribution < 1.29 is 13.2 Å². The van der Waals surface area contributed by atoms with Gasteiger partial charge in [-0.2, -0.15) is 0 Å². The van der Waals surface area contributed by atoms with Crippen LogP contribution in [0.25, 0.3) is 0 Å². The summed E-state index contributed by atoms with van der Waals surface area (Å²) in [5, 5.41) is 3.20. The monoisotopic (exact) mass is 318 g/mol. The molecule has 0 fully saturated rings. The average Bonchev–Trinajstić information content (AvgIpc) is 2.54. The van der Waals surface area contributed by atoms with Gasteiger partial charge in [0.2, 0.25) is 0 Å². The Hall–Kier alpha value is -2.21. The fourth-order valence-electron chi connectivity index (χ4n) is 2.36. The summed E-state index contributed by atoms with van der Waals surface area (Å²) in [5.41, 5.74) is 1.33. The van der Waals surface area contributed by atoms with Crippen molar-refractivity contribution in [2.45, 2.75) is 17.9 Å². The van der Waals surface area contributed by atoms with E-state index in [0.29, 0.717) is 23.7 Å². The first-order valence-corrected chi connectivity index (χ1v) is 8.51.